The number of benzene rings is 2. The summed E-state index contributed by atoms with van der Waals surface area (Å²) in [6, 6.07) is 13.2. The Morgan fingerprint density at radius 3 is 2.38 bits per heavy atom. The number of aromatic nitrogens is 1. The topological polar surface area (TPSA) is 97.4 Å². The van der Waals surface area contributed by atoms with Crippen LogP contribution < -0.4 is 14.8 Å². The number of rotatable bonds is 8. The lowest BCUT2D eigenvalue weighted by molar-refractivity contribution is 0.0951. The number of ether oxygens (including phenoxy) is 1. The molecule has 1 amide bonds. The van der Waals surface area contributed by atoms with Crippen molar-refractivity contribution >= 4 is 32.4 Å². The molecule has 1 heterocycles. The van der Waals surface area contributed by atoms with E-state index in [-0.39, 0.29) is 22.0 Å². The highest BCUT2D eigenvalue weighted by Gasteiger charge is 2.16. The Balaban J connectivity index is 1.59. The zero-order valence-corrected chi connectivity index (χ0v) is 17.6. The summed E-state index contributed by atoms with van der Waals surface area (Å²) in [5, 5.41) is 4.78. The molecule has 3 rings (SSSR count). The van der Waals surface area contributed by atoms with Crippen LogP contribution in [0, 0.1) is 0 Å². The van der Waals surface area contributed by atoms with Crippen LogP contribution in [0.2, 0.25) is 0 Å². The summed E-state index contributed by atoms with van der Waals surface area (Å²) in [6.45, 7) is 4.27. The molecule has 7 nitrogen and oxygen atoms in total. The van der Waals surface area contributed by atoms with Gasteiger partial charge in [-0.05, 0) is 55.8 Å². The van der Waals surface area contributed by atoms with E-state index >= 15 is 0 Å². The lowest BCUT2D eigenvalue weighted by atomic mass is 10.2. The Morgan fingerprint density at radius 1 is 1.10 bits per heavy atom. The van der Waals surface area contributed by atoms with Crippen LogP contribution in [0.4, 0.5) is 5.13 Å². The first-order chi connectivity index (χ1) is 13.8. The molecule has 0 saturated heterocycles. The van der Waals surface area contributed by atoms with Gasteiger partial charge in [0.15, 0.2) is 5.13 Å². The predicted molar refractivity (Wildman–Crippen MR) is 113 cm³/mol. The first-order valence-corrected chi connectivity index (χ1v) is 11.3. The van der Waals surface area contributed by atoms with E-state index < -0.39 is 10.0 Å². The first kappa shape index (κ1) is 20.8. The van der Waals surface area contributed by atoms with Gasteiger partial charge in [-0.1, -0.05) is 12.1 Å². The third-order valence-electron chi connectivity index (χ3n) is 3.83. The highest BCUT2D eigenvalue weighted by Crippen LogP contribution is 2.18. The third kappa shape index (κ3) is 5.78. The van der Waals surface area contributed by atoms with Crippen molar-refractivity contribution in [2.24, 2.45) is 0 Å². The summed E-state index contributed by atoms with van der Waals surface area (Å²) in [4.78, 5) is 16.3. The van der Waals surface area contributed by atoms with Crippen molar-refractivity contribution in [2.75, 3.05) is 4.72 Å². The van der Waals surface area contributed by atoms with E-state index in [0.29, 0.717) is 12.1 Å². The van der Waals surface area contributed by atoms with Crippen LogP contribution in [0.1, 0.15) is 29.8 Å². The van der Waals surface area contributed by atoms with Crippen LogP contribution in [0.3, 0.4) is 0 Å². The summed E-state index contributed by atoms with van der Waals surface area (Å²) in [5.74, 6) is 0.488. The highest BCUT2D eigenvalue weighted by molar-refractivity contribution is 7.93. The van der Waals surface area contributed by atoms with Gasteiger partial charge in [-0.2, -0.15) is 0 Å². The van der Waals surface area contributed by atoms with Crippen LogP contribution in [0.5, 0.6) is 5.75 Å². The van der Waals surface area contributed by atoms with Crippen LogP contribution in [0.25, 0.3) is 0 Å². The van der Waals surface area contributed by atoms with Crippen molar-refractivity contribution in [3.63, 3.8) is 0 Å². The molecule has 1 aromatic heterocycles. The number of carbonyl (C=O) groups is 1. The summed E-state index contributed by atoms with van der Waals surface area (Å²) >= 11 is 1.19. The van der Waals surface area contributed by atoms with Crippen molar-refractivity contribution in [1.29, 1.82) is 0 Å². The van der Waals surface area contributed by atoms with Gasteiger partial charge in [-0.3, -0.25) is 9.52 Å². The molecule has 9 heteroatoms. The minimum atomic E-state index is -3.74. The standard InChI is InChI=1S/C20H21N3O4S2/c1-14(2)27-17-7-3-15(4-8-17)13-22-19(24)16-5-9-18(10-6-16)29(25,26)23-20-21-11-12-28-20/h3-12,14H,13H2,1-2H3,(H,21,23)(H,22,24). The normalized spacial score (nSPS) is 11.3. The molecular formula is C20H21N3O4S2. The molecule has 0 unspecified atom stereocenters. The van der Waals surface area contributed by atoms with Gasteiger partial charge >= 0.3 is 0 Å². The lowest BCUT2D eigenvalue weighted by Crippen LogP contribution is -2.23. The lowest BCUT2D eigenvalue weighted by Gasteiger charge is -2.11. The van der Waals surface area contributed by atoms with Crippen molar-refractivity contribution in [3.05, 3.63) is 71.2 Å². The number of hydrogen-bond donors (Lipinski definition) is 2. The Morgan fingerprint density at radius 2 is 1.79 bits per heavy atom. The number of carbonyl (C=O) groups excluding carboxylic acids is 1. The molecule has 0 radical (unpaired) electrons. The molecule has 29 heavy (non-hydrogen) atoms. The molecule has 0 spiro atoms. The summed E-state index contributed by atoms with van der Waals surface area (Å²) in [7, 11) is -3.74. The van der Waals surface area contributed by atoms with Crippen molar-refractivity contribution in [3.8, 4) is 5.75 Å². The van der Waals surface area contributed by atoms with E-state index in [1.54, 1.807) is 5.38 Å². The quantitative estimate of drug-likeness (QED) is 0.567. The zero-order valence-electron chi connectivity index (χ0n) is 16.0. The fraction of sp³-hybridized carbons (Fsp3) is 0.200. The number of sulfonamides is 1. The molecule has 3 aromatic rings. The number of nitrogens with one attached hydrogen (secondary N) is 2. The van der Waals surface area contributed by atoms with E-state index in [9.17, 15) is 13.2 Å². The second kappa shape index (κ2) is 9.06. The highest BCUT2D eigenvalue weighted by atomic mass is 32.2. The summed E-state index contributed by atoms with van der Waals surface area (Å²) in [5.41, 5.74) is 1.30. The molecular weight excluding hydrogens is 410 g/mol. The SMILES string of the molecule is CC(C)Oc1ccc(CNC(=O)c2ccc(S(=O)(=O)Nc3nccs3)cc2)cc1. The maximum Gasteiger partial charge on any atom is 0.263 e. The van der Waals surface area contributed by atoms with Gasteiger partial charge in [0.2, 0.25) is 0 Å². The van der Waals surface area contributed by atoms with Gasteiger partial charge in [-0.15, -0.1) is 11.3 Å². The zero-order chi connectivity index (χ0) is 20.9. The minimum absolute atomic E-state index is 0.0602. The Hall–Kier alpha value is -2.91. The predicted octanol–water partition coefficient (Wildman–Crippen LogP) is 3.66. The smallest absolute Gasteiger partial charge is 0.263 e. The molecule has 0 aliphatic carbocycles. The Labute approximate surface area is 173 Å². The number of nitrogens with zero attached hydrogens (tertiary/aromatic N) is 1. The molecule has 0 aliphatic rings. The van der Waals surface area contributed by atoms with Crippen molar-refractivity contribution in [1.82, 2.24) is 10.3 Å². The second-order valence-corrected chi connectivity index (χ2v) is 9.04. The van der Waals surface area contributed by atoms with Crippen molar-refractivity contribution in [2.45, 2.75) is 31.4 Å². The van der Waals surface area contributed by atoms with Crippen LogP contribution in [0.15, 0.2) is 65.0 Å². The molecule has 0 bridgehead atoms. The monoisotopic (exact) mass is 431 g/mol. The fourth-order valence-electron chi connectivity index (χ4n) is 2.48. The molecule has 152 valence electrons. The average Bonchev–Trinajstić information content (AvgIpc) is 3.19. The molecule has 0 atom stereocenters. The average molecular weight is 432 g/mol. The first-order valence-electron chi connectivity index (χ1n) is 8.90. The molecule has 0 aliphatic heterocycles. The number of thiazole rings is 1. The largest absolute Gasteiger partial charge is 0.491 e. The van der Waals surface area contributed by atoms with E-state index in [0.717, 1.165) is 11.3 Å². The van der Waals surface area contributed by atoms with Crippen LogP contribution in [-0.4, -0.2) is 25.4 Å². The van der Waals surface area contributed by atoms with Gasteiger partial charge in [-0.25, -0.2) is 13.4 Å². The number of amides is 1. The Bertz CT molecular complexity index is 1050. The maximum atomic E-state index is 12.3. The van der Waals surface area contributed by atoms with E-state index in [1.165, 1.54) is 41.8 Å². The van der Waals surface area contributed by atoms with Crippen LogP contribution >= 0.6 is 11.3 Å². The summed E-state index contributed by atoms with van der Waals surface area (Å²) < 4.78 is 32.6. The van der Waals surface area contributed by atoms with Gasteiger partial charge in [0.1, 0.15) is 5.75 Å². The van der Waals surface area contributed by atoms with Gasteiger partial charge in [0.25, 0.3) is 15.9 Å². The van der Waals surface area contributed by atoms with Gasteiger partial charge < -0.3 is 10.1 Å². The molecule has 2 aromatic carbocycles. The van der Waals surface area contributed by atoms with E-state index in [1.807, 2.05) is 38.1 Å². The number of anilines is 1. The van der Waals surface area contributed by atoms with E-state index in [4.69, 9.17) is 4.74 Å². The molecule has 0 fully saturated rings. The molecule has 0 saturated carbocycles. The van der Waals surface area contributed by atoms with Gasteiger partial charge in [0.05, 0.1) is 11.0 Å². The van der Waals surface area contributed by atoms with Crippen LogP contribution in [-0.2, 0) is 16.6 Å². The Kier molecular flexibility index (Phi) is 6.50. The molecule has 2 N–H and O–H groups in total. The third-order valence-corrected chi connectivity index (χ3v) is 6.00. The van der Waals surface area contributed by atoms with Crippen molar-refractivity contribution < 1.29 is 17.9 Å². The van der Waals surface area contributed by atoms with E-state index in [2.05, 4.69) is 15.0 Å². The second-order valence-electron chi connectivity index (χ2n) is 6.46. The summed E-state index contributed by atoms with van der Waals surface area (Å²) in [6.07, 6.45) is 1.62. The number of hydrogen-bond acceptors (Lipinski definition) is 6. The fourth-order valence-corrected chi connectivity index (χ4v) is 4.26. The van der Waals surface area contributed by atoms with Gasteiger partial charge in [0, 0.05) is 23.7 Å². The minimum Gasteiger partial charge on any atom is -0.491 e. The maximum absolute atomic E-state index is 12.3.